The lowest BCUT2D eigenvalue weighted by atomic mass is 10.1. The summed E-state index contributed by atoms with van der Waals surface area (Å²) < 4.78 is 18.9. The van der Waals surface area contributed by atoms with Gasteiger partial charge in [0.1, 0.15) is 18.2 Å². The minimum Gasteiger partial charge on any atom is -0.492 e. The summed E-state index contributed by atoms with van der Waals surface area (Å²) in [4.78, 5) is 0. The zero-order valence-electron chi connectivity index (χ0n) is 9.40. The normalized spacial score (nSPS) is 10.2. The van der Waals surface area contributed by atoms with E-state index in [9.17, 15) is 4.39 Å². The van der Waals surface area contributed by atoms with E-state index in [2.05, 4.69) is 0 Å². The first-order chi connectivity index (χ1) is 8.31. The summed E-state index contributed by atoms with van der Waals surface area (Å²) in [6, 6.07) is 14.0. The van der Waals surface area contributed by atoms with Gasteiger partial charge in [0.25, 0.3) is 0 Å². The first-order valence-electron chi connectivity index (χ1n) is 5.49. The van der Waals surface area contributed by atoms with Crippen molar-refractivity contribution in [2.75, 3.05) is 13.2 Å². The molecular weight excluding hydrogens is 217 g/mol. The highest BCUT2D eigenvalue weighted by Crippen LogP contribution is 2.24. The predicted octanol–water partition coefficient (Wildman–Crippen LogP) is 2.83. The van der Waals surface area contributed by atoms with Crippen LogP contribution in [0.5, 0.6) is 5.75 Å². The van der Waals surface area contributed by atoms with Crippen LogP contribution in [-0.4, -0.2) is 13.2 Å². The first kappa shape index (κ1) is 11.6. The van der Waals surface area contributed by atoms with Crippen LogP contribution < -0.4 is 10.5 Å². The molecule has 0 amide bonds. The van der Waals surface area contributed by atoms with Gasteiger partial charge in [-0.3, -0.25) is 0 Å². The average Bonchev–Trinajstić information content (AvgIpc) is 2.38. The topological polar surface area (TPSA) is 35.2 Å². The van der Waals surface area contributed by atoms with Crippen LogP contribution in [0.3, 0.4) is 0 Å². The molecular formula is C14H14FNO. The Morgan fingerprint density at radius 1 is 1.00 bits per heavy atom. The molecule has 0 fully saturated rings. The fourth-order valence-electron chi connectivity index (χ4n) is 1.60. The van der Waals surface area contributed by atoms with Gasteiger partial charge in [0.05, 0.1) is 0 Å². The number of ether oxygens (including phenoxy) is 1. The summed E-state index contributed by atoms with van der Waals surface area (Å²) in [5.74, 6) is 0.527. The summed E-state index contributed by atoms with van der Waals surface area (Å²) in [5, 5.41) is 0. The maximum absolute atomic E-state index is 13.5. The molecule has 0 aliphatic carbocycles. The lowest BCUT2D eigenvalue weighted by molar-refractivity contribution is 0.328. The largest absolute Gasteiger partial charge is 0.492 e. The molecule has 2 N–H and O–H groups in total. The number of halogens is 1. The van der Waals surface area contributed by atoms with E-state index in [1.807, 2.05) is 30.3 Å². The molecule has 2 nitrogen and oxygen atoms in total. The van der Waals surface area contributed by atoms with Gasteiger partial charge in [-0.2, -0.15) is 0 Å². The average molecular weight is 231 g/mol. The molecule has 0 aromatic heterocycles. The highest BCUT2D eigenvalue weighted by molar-refractivity contribution is 5.64. The molecule has 0 radical (unpaired) electrons. The van der Waals surface area contributed by atoms with Crippen LogP contribution >= 0.6 is 0 Å². The fraction of sp³-hybridized carbons (Fsp3) is 0.143. The molecule has 0 saturated heterocycles. The standard InChI is InChI=1S/C14H14FNO/c15-14-4-2-1-3-13(14)11-5-7-12(8-6-11)17-10-9-16/h1-8H,9-10,16H2. The van der Waals surface area contributed by atoms with Gasteiger partial charge in [0.2, 0.25) is 0 Å². The second-order valence-corrected chi connectivity index (χ2v) is 3.64. The van der Waals surface area contributed by atoms with Crippen molar-refractivity contribution >= 4 is 0 Å². The van der Waals surface area contributed by atoms with Gasteiger partial charge in [-0.1, -0.05) is 30.3 Å². The Hall–Kier alpha value is -1.87. The van der Waals surface area contributed by atoms with Gasteiger partial charge in [-0.05, 0) is 23.8 Å². The number of hydrogen-bond acceptors (Lipinski definition) is 2. The van der Waals surface area contributed by atoms with Crippen LogP contribution in [0.15, 0.2) is 48.5 Å². The maximum Gasteiger partial charge on any atom is 0.131 e. The molecule has 0 heterocycles. The van der Waals surface area contributed by atoms with Gasteiger partial charge < -0.3 is 10.5 Å². The van der Waals surface area contributed by atoms with Gasteiger partial charge in [-0.15, -0.1) is 0 Å². The molecule has 0 saturated carbocycles. The third-order valence-electron chi connectivity index (χ3n) is 2.43. The van der Waals surface area contributed by atoms with Crippen molar-refractivity contribution in [3.63, 3.8) is 0 Å². The van der Waals surface area contributed by atoms with E-state index in [1.165, 1.54) is 6.07 Å². The number of nitrogens with two attached hydrogens (primary N) is 1. The Morgan fingerprint density at radius 2 is 1.71 bits per heavy atom. The number of hydrogen-bond donors (Lipinski definition) is 1. The summed E-state index contributed by atoms with van der Waals surface area (Å²) in [6.45, 7) is 0.966. The molecule has 0 aliphatic heterocycles. The third-order valence-corrected chi connectivity index (χ3v) is 2.43. The van der Waals surface area contributed by atoms with E-state index in [1.54, 1.807) is 12.1 Å². The van der Waals surface area contributed by atoms with Crippen molar-refractivity contribution in [1.29, 1.82) is 0 Å². The van der Waals surface area contributed by atoms with Crippen molar-refractivity contribution in [1.82, 2.24) is 0 Å². The lowest BCUT2D eigenvalue weighted by Crippen LogP contribution is -2.10. The van der Waals surface area contributed by atoms with Crippen LogP contribution in [0.2, 0.25) is 0 Å². The zero-order chi connectivity index (χ0) is 12.1. The Bertz CT molecular complexity index is 482. The van der Waals surface area contributed by atoms with E-state index in [4.69, 9.17) is 10.5 Å². The molecule has 0 bridgehead atoms. The lowest BCUT2D eigenvalue weighted by Gasteiger charge is -2.06. The van der Waals surface area contributed by atoms with E-state index in [-0.39, 0.29) is 5.82 Å². The Balaban J connectivity index is 2.21. The molecule has 3 heteroatoms. The molecule has 88 valence electrons. The van der Waals surface area contributed by atoms with Gasteiger partial charge in [-0.25, -0.2) is 4.39 Å². The van der Waals surface area contributed by atoms with Gasteiger partial charge in [0, 0.05) is 12.1 Å². The molecule has 0 atom stereocenters. The monoisotopic (exact) mass is 231 g/mol. The summed E-state index contributed by atoms with van der Waals surface area (Å²) >= 11 is 0. The summed E-state index contributed by atoms with van der Waals surface area (Å²) in [5.41, 5.74) is 6.77. The fourth-order valence-corrected chi connectivity index (χ4v) is 1.60. The van der Waals surface area contributed by atoms with Crippen LogP contribution in [-0.2, 0) is 0 Å². The van der Waals surface area contributed by atoms with Crippen molar-refractivity contribution in [3.8, 4) is 16.9 Å². The molecule has 0 aliphatic rings. The quantitative estimate of drug-likeness (QED) is 0.878. The van der Waals surface area contributed by atoms with E-state index in [0.29, 0.717) is 18.7 Å². The molecule has 0 spiro atoms. The zero-order valence-corrected chi connectivity index (χ0v) is 9.40. The molecule has 2 aromatic rings. The van der Waals surface area contributed by atoms with E-state index in [0.717, 1.165) is 11.3 Å². The Kier molecular flexibility index (Phi) is 3.73. The highest BCUT2D eigenvalue weighted by atomic mass is 19.1. The van der Waals surface area contributed by atoms with Crippen LogP contribution in [0.1, 0.15) is 0 Å². The summed E-state index contributed by atoms with van der Waals surface area (Å²) in [6.07, 6.45) is 0. The van der Waals surface area contributed by atoms with Crippen LogP contribution in [0.25, 0.3) is 11.1 Å². The molecule has 17 heavy (non-hydrogen) atoms. The second-order valence-electron chi connectivity index (χ2n) is 3.64. The highest BCUT2D eigenvalue weighted by Gasteiger charge is 2.03. The first-order valence-corrected chi connectivity index (χ1v) is 5.49. The van der Waals surface area contributed by atoms with Gasteiger partial charge in [0.15, 0.2) is 0 Å². The van der Waals surface area contributed by atoms with Gasteiger partial charge >= 0.3 is 0 Å². The SMILES string of the molecule is NCCOc1ccc(-c2ccccc2F)cc1. The van der Waals surface area contributed by atoms with E-state index < -0.39 is 0 Å². The van der Waals surface area contributed by atoms with Crippen molar-refractivity contribution in [3.05, 3.63) is 54.3 Å². The Morgan fingerprint density at radius 3 is 2.35 bits per heavy atom. The Labute approximate surface area is 99.8 Å². The van der Waals surface area contributed by atoms with E-state index >= 15 is 0 Å². The number of benzene rings is 2. The number of rotatable bonds is 4. The van der Waals surface area contributed by atoms with Crippen molar-refractivity contribution in [2.45, 2.75) is 0 Å². The third kappa shape index (κ3) is 2.82. The minimum atomic E-state index is -0.219. The molecule has 2 rings (SSSR count). The van der Waals surface area contributed by atoms with Crippen LogP contribution in [0.4, 0.5) is 4.39 Å². The summed E-state index contributed by atoms with van der Waals surface area (Å²) in [7, 11) is 0. The maximum atomic E-state index is 13.5. The van der Waals surface area contributed by atoms with Crippen molar-refractivity contribution < 1.29 is 9.13 Å². The molecule has 0 unspecified atom stereocenters. The smallest absolute Gasteiger partial charge is 0.131 e. The predicted molar refractivity (Wildman–Crippen MR) is 66.4 cm³/mol. The van der Waals surface area contributed by atoms with Crippen molar-refractivity contribution in [2.24, 2.45) is 5.73 Å². The van der Waals surface area contributed by atoms with Crippen LogP contribution in [0, 0.1) is 5.82 Å². The minimum absolute atomic E-state index is 0.219. The second kappa shape index (κ2) is 5.46. The molecule has 2 aromatic carbocycles.